The van der Waals surface area contributed by atoms with Gasteiger partial charge in [-0.2, -0.15) is 11.8 Å². The zero-order valence-electron chi connectivity index (χ0n) is 12.2. The summed E-state index contributed by atoms with van der Waals surface area (Å²) < 4.78 is 0. The van der Waals surface area contributed by atoms with Gasteiger partial charge >= 0.3 is 0 Å². The molecule has 0 heterocycles. The van der Waals surface area contributed by atoms with E-state index in [9.17, 15) is 4.79 Å². The summed E-state index contributed by atoms with van der Waals surface area (Å²) in [6, 6.07) is -1.20. The van der Waals surface area contributed by atoms with Gasteiger partial charge in [-0.15, -0.1) is 0 Å². The maximum absolute atomic E-state index is 11.6. The number of aliphatic hydroxyl groups excluding tert-OH is 2. The van der Waals surface area contributed by atoms with Gasteiger partial charge in [0.1, 0.15) is 0 Å². The highest BCUT2D eigenvalue weighted by Gasteiger charge is 2.17. The number of rotatable bonds is 9. The minimum atomic E-state index is -0.618. The molecule has 19 heavy (non-hydrogen) atoms. The van der Waals surface area contributed by atoms with E-state index in [1.807, 2.05) is 0 Å². The third kappa shape index (κ3) is 10.2. The van der Waals surface area contributed by atoms with Crippen molar-refractivity contribution in [1.29, 1.82) is 0 Å². The molecule has 0 saturated heterocycles. The van der Waals surface area contributed by atoms with E-state index < -0.39 is 12.1 Å². The van der Waals surface area contributed by atoms with E-state index in [0.29, 0.717) is 11.8 Å². The highest BCUT2D eigenvalue weighted by molar-refractivity contribution is 7.99. The first-order valence-corrected chi connectivity index (χ1v) is 7.81. The Balaban J connectivity index is 3.73. The normalized spacial score (nSPS) is 13.6. The fraction of sp³-hybridized carbons (Fsp3) is 0.923. The molecule has 0 aromatic rings. The molecule has 5 nitrogen and oxygen atoms in total. The van der Waals surface area contributed by atoms with Crippen LogP contribution in [-0.4, -0.2) is 52.9 Å². The fourth-order valence-corrected chi connectivity index (χ4v) is 2.66. The Morgan fingerprint density at radius 1 is 1.26 bits per heavy atom. The molecule has 0 spiro atoms. The van der Waals surface area contributed by atoms with Crippen molar-refractivity contribution in [3.63, 3.8) is 0 Å². The second kappa shape index (κ2) is 9.58. The van der Waals surface area contributed by atoms with Crippen molar-refractivity contribution in [3.8, 4) is 0 Å². The third-order valence-electron chi connectivity index (χ3n) is 2.69. The number of nitrogens with one attached hydrogen (secondary N) is 1. The Morgan fingerprint density at radius 3 is 2.32 bits per heavy atom. The second-order valence-corrected chi connectivity index (χ2v) is 7.11. The Bertz CT molecular complexity index is 253. The zero-order chi connectivity index (χ0) is 14.9. The van der Waals surface area contributed by atoms with Crippen LogP contribution in [0.25, 0.3) is 0 Å². The van der Waals surface area contributed by atoms with E-state index in [1.165, 1.54) is 0 Å². The smallest absolute Gasteiger partial charge is 0.237 e. The summed E-state index contributed by atoms with van der Waals surface area (Å²) >= 11 is 1.80. The van der Waals surface area contributed by atoms with Gasteiger partial charge in [0.2, 0.25) is 5.91 Å². The summed E-state index contributed by atoms with van der Waals surface area (Å²) in [5.74, 6) is 1.59. The molecule has 0 aliphatic rings. The summed E-state index contributed by atoms with van der Waals surface area (Å²) in [5, 5.41) is 20.2. The molecule has 0 aromatic heterocycles. The lowest BCUT2D eigenvalue weighted by Crippen LogP contribution is -2.48. The third-order valence-corrected chi connectivity index (χ3v) is 3.71. The number of amides is 1. The highest BCUT2D eigenvalue weighted by atomic mass is 32.2. The van der Waals surface area contributed by atoms with Gasteiger partial charge in [0, 0.05) is 0 Å². The Hall–Kier alpha value is -0.300. The van der Waals surface area contributed by atoms with Crippen molar-refractivity contribution in [2.45, 2.75) is 45.7 Å². The first kappa shape index (κ1) is 18.7. The van der Waals surface area contributed by atoms with Crippen molar-refractivity contribution in [2.75, 3.05) is 24.7 Å². The molecular formula is C13H28N2O3S. The molecule has 114 valence electrons. The van der Waals surface area contributed by atoms with Gasteiger partial charge in [-0.3, -0.25) is 4.79 Å². The average molecular weight is 292 g/mol. The molecule has 0 bridgehead atoms. The van der Waals surface area contributed by atoms with Crippen molar-refractivity contribution < 1.29 is 15.0 Å². The van der Waals surface area contributed by atoms with Gasteiger partial charge < -0.3 is 21.3 Å². The molecule has 6 heteroatoms. The van der Waals surface area contributed by atoms with E-state index in [0.717, 1.165) is 17.9 Å². The average Bonchev–Trinajstić information content (AvgIpc) is 2.33. The van der Waals surface area contributed by atoms with Crippen LogP contribution in [0.2, 0.25) is 0 Å². The Kier molecular flexibility index (Phi) is 9.43. The van der Waals surface area contributed by atoms with Gasteiger partial charge in [0.05, 0.1) is 25.3 Å². The first-order chi connectivity index (χ1) is 8.80. The van der Waals surface area contributed by atoms with Crippen molar-refractivity contribution >= 4 is 17.7 Å². The minimum absolute atomic E-state index is 0.282. The van der Waals surface area contributed by atoms with Crippen molar-refractivity contribution in [1.82, 2.24) is 5.32 Å². The molecule has 1 amide bonds. The lowest BCUT2D eigenvalue weighted by molar-refractivity contribution is -0.123. The number of aliphatic hydroxyl groups is 2. The molecule has 0 fully saturated rings. The standard InChI is InChI=1S/C13H28N2O3S/c1-13(2,3)5-7-19-6-4-11(14)12(18)15-10(8-16)9-17/h10-11,16-17H,4-9,14H2,1-3H3,(H,15,18). The molecule has 5 N–H and O–H groups in total. The fourth-order valence-electron chi connectivity index (χ4n) is 1.28. The number of nitrogens with two attached hydrogens (primary N) is 1. The monoisotopic (exact) mass is 292 g/mol. The summed E-state index contributed by atoms with van der Waals surface area (Å²) in [6.45, 7) is 6.05. The predicted octanol–water partition coefficient (Wildman–Crippen LogP) is 0.343. The molecule has 1 atom stereocenters. The van der Waals surface area contributed by atoms with Crippen LogP contribution in [0.1, 0.15) is 33.6 Å². The number of hydrogen-bond donors (Lipinski definition) is 4. The van der Waals surface area contributed by atoms with Crippen LogP contribution >= 0.6 is 11.8 Å². The first-order valence-electron chi connectivity index (χ1n) is 6.65. The van der Waals surface area contributed by atoms with Crippen molar-refractivity contribution in [2.24, 2.45) is 11.1 Å². The zero-order valence-corrected chi connectivity index (χ0v) is 13.0. The molecule has 0 aliphatic carbocycles. The second-order valence-electron chi connectivity index (χ2n) is 5.89. The van der Waals surface area contributed by atoms with Crippen LogP contribution in [0.15, 0.2) is 0 Å². The Morgan fingerprint density at radius 2 is 1.84 bits per heavy atom. The number of hydrogen-bond acceptors (Lipinski definition) is 5. The maximum Gasteiger partial charge on any atom is 0.237 e. The summed E-state index contributed by atoms with van der Waals surface area (Å²) in [4.78, 5) is 11.6. The van der Waals surface area contributed by atoms with Gasteiger partial charge in [-0.05, 0) is 29.8 Å². The van der Waals surface area contributed by atoms with E-state index >= 15 is 0 Å². The molecular weight excluding hydrogens is 264 g/mol. The van der Waals surface area contributed by atoms with E-state index in [4.69, 9.17) is 15.9 Å². The van der Waals surface area contributed by atoms with Crippen LogP contribution in [-0.2, 0) is 4.79 Å². The van der Waals surface area contributed by atoms with Gasteiger partial charge in [0.15, 0.2) is 0 Å². The number of carbonyl (C=O) groups excluding carboxylic acids is 1. The number of thioether (sulfide) groups is 1. The summed E-state index contributed by atoms with van der Waals surface area (Å²) in [5.41, 5.74) is 6.09. The molecule has 0 saturated carbocycles. The van der Waals surface area contributed by atoms with Crippen LogP contribution in [0.3, 0.4) is 0 Å². The minimum Gasteiger partial charge on any atom is -0.394 e. The largest absolute Gasteiger partial charge is 0.394 e. The van der Waals surface area contributed by atoms with Crippen LogP contribution in [0.4, 0.5) is 0 Å². The van der Waals surface area contributed by atoms with Gasteiger partial charge in [-0.25, -0.2) is 0 Å². The predicted molar refractivity (Wildman–Crippen MR) is 80.1 cm³/mol. The van der Waals surface area contributed by atoms with E-state index in [1.54, 1.807) is 11.8 Å². The molecule has 0 aromatic carbocycles. The molecule has 0 radical (unpaired) electrons. The van der Waals surface area contributed by atoms with Crippen molar-refractivity contribution in [3.05, 3.63) is 0 Å². The van der Waals surface area contributed by atoms with E-state index in [2.05, 4.69) is 26.1 Å². The summed E-state index contributed by atoms with van der Waals surface area (Å²) in [6.07, 6.45) is 1.74. The SMILES string of the molecule is CC(C)(C)CCSCCC(N)C(=O)NC(CO)CO. The molecule has 0 rings (SSSR count). The lowest BCUT2D eigenvalue weighted by Gasteiger charge is -2.18. The lowest BCUT2D eigenvalue weighted by atomic mass is 9.94. The quantitative estimate of drug-likeness (QED) is 0.460. The Labute approximate surface area is 120 Å². The topological polar surface area (TPSA) is 95.6 Å². The van der Waals surface area contributed by atoms with Crippen LogP contribution < -0.4 is 11.1 Å². The number of carbonyl (C=O) groups is 1. The molecule has 0 aliphatic heterocycles. The maximum atomic E-state index is 11.6. The van der Waals surface area contributed by atoms with Gasteiger partial charge in [0.25, 0.3) is 0 Å². The van der Waals surface area contributed by atoms with Crippen LogP contribution in [0.5, 0.6) is 0 Å². The van der Waals surface area contributed by atoms with Crippen LogP contribution in [0, 0.1) is 5.41 Å². The van der Waals surface area contributed by atoms with E-state index in [-0.39, 0.29) is 19.1 Å². The summed E-state index contributed by atoms with van der Waals surface area (Å²) in [7, 11) is 0. The molecule has 1 unspecified atom stereocenters. The van der Waals surface area contributed by atoms with Gasteiger partial charge in [-0.1, -0.05) is 20.8 Å². The highest BCUT2D eigenvalue weighted by Crippen LogP contribution is 2.21.